The van der Waals surface area contributed by atoms with Crippen molar-refractivity contribution in [1.82, 2.24) is 0 Å². The molecule has 1 aliphatic carbocycles. The van der Waals surface area contributed by atoms with Crippen molar-refractivity contribution < 1.29 is 4.39 Å². The normalized spacial score (nSPS) is 27.8. The number of hydrogen-bond donors (Lipinski definition) is 0. The SMILES string of the molecule is FC1=CCC(I)C=C1. The van der Waals surface area contributed by atoms with Gasteiger partial charge >= 0.3 is 0 Å². The third kappa shape index (κ3) is 1.58. The second-order valence-corrected chi connectivity index (χ2v) is 3.30. The highest BCUT2D eigenvalue weighted by Crippen LogP contribution is 2.17. The van der Waals surface area contributed by atoms with Crippen LogP contribution in [0.15, 0.2) is 24.1 Å². The standard InChI is InChI=1S/C6H6FI/c7-5-1-3-6(8)4-2-5/h1-3,6H,4H2. The third-order valence-electron chi connectivity index (χ3n) is 1.00. The van der Waals surface area contributed by atoms with E-state index in [1.54, 1.807) is 6.08 Å². The molecule has 0 heterocycles. The van der Waals surface area contributed by atoms with Crippen LogP contribution in [-0.4, -0.2) is 3.92 Å². The molecule has 0 nitrogen and oxygen atoms in total. The zero-order valence-corrected chi connectivity index (χ0v) is 6.43. The maximum absolute atomic E-state index is 12.1. The molecule has 1 aliphatic rings. The third-order valence-corrected chi connectivity index (χ3v) is 1.93. The lowest BCUT2D eigenvalue weighted by Gasteiger charge is -2.02. The minimum Gasteiger partial charge on any atom is -0.207 e. The Morgan fingerprint density at radius 1 is 1.75 bits per heavy atom. The fraction of sp³-hybridized carbons (Fsp3) is 0.333. The van der Waals surface area contributed by atoms with Gasteiger partial charge in [0.15, 0.2) is 0 Å². The highest BCUT2D eigenvalue weighted by Gasteiger charge is 2.01. The van der Waals surface area contributed by atoms with Crippen molar-refractivity contribution in [3.05, 3.63) is 24.1 Å². The number of allylic oxidation sites excluding steroid dienone is 4. The molecule has 1 atom stereocenters. The topological polar surface area (TPSA) is 0 Å². The predicted octanol–water partition coefficient (Wildman–Crippen LogP) is 2.60. The summed E-state index contributed by atoms with van der Waals surface area (Å²) in [5.74, 6) is -0.0992. The molecule has 44 valence electrons. The average Bonchev–Trinajstić information content (AvgIpc) is 1.77. The van der Waals surface area contributed by atoms with Crippen LogP contribution in [0.2, 0.25) is 0 Å². The second-order valence-electron chi connectivity index (χ2n) is 1.70. The highest BCUT2D eigenvalue weighted by atomic mass is 127. The summed E-state index contributed by atoms with van der Waals surface area (Å²) in [5.41, 5.74) is 0. The molecule has 0 aromatic heterocycles. The Kier molecular flexibility index (Phi) is 2.05. The lowest BCUT2D eigenvalue weighted by Crippen LogP contribution is -1.93. The van der Waals surface area contributed by atoms with Crippen LogP contribution in [0.1, 0.15) is 6.42 Å². The van der Waals surface area contributed by atoms with E-state index in [1.165, 1.54) is 6.08 Å². The average molecular weight is 224 g/mol. The fourth-order valence-corrected chi connectivity index (χ4v) is 1.03. The summed E-state index contributed by atoms with van der Waals surface area (Å²) in [6, 6.07) is 0. The van der Waals surface area contributed by atoms with Crippen LogP contribution in [0.25, 0.3) is 0 Å². The second kappa shape index (κ2) is 2.62. The highest BCUT2D eigenvalue weighted by molar-refractivity contribution is 14.1. The monoisotopic (exact) mass is 224 g/mol. The first-order chi connectivity index (χ1) is 3.79. The zero-order valence-electron chi connectivity index (χ0n) is 4.27. The molecular weight excluding hydrogens is 218 g/mol. The van der Waals surface area contributed by atoms with Gasteiger partial charge in [0.25, 0.3) is 0 Å². The maximum Gasteiger partial charge on any atom is 0.119 e. The summed E-state index contributed by atoms with van der Waals surface area (Å²) in [7, 11) is 0. The van der Waals surface area contributed by atoms with Crippen LogP contribution in [-0.2, 0) is 0 Å². The van der Waals surface area contributed by atoms with E-state index in [4.69, 9.17) is 0 Å². The van der Waals surface area contributed by atoms with Crippen molar-refractivity contribution in [2.75, 3.05) is 0 Å². The first-order valence-corrected chi connectivity index (χ1v) is 3.71. The molecule has 0 radical (unpaired) electrons. The van der Waals surface area contributed by atoms with E-state index in [0.717, 1.165) is 6.42 Å². The molecule has 0 spiro atoms. The van der Waals surface area contributed by atoms with Crippen molar-refractivity contribution >= 4 is 22.6 Å². The van der Waals surface area contributed by atoms with E-state index < -0.39 is 0 Å². The Balaban J connectivity index is 2.58. The first-order valence-electron chi connectivity index (χ1n) is 2.47. The van der Waals surface area contributed by atoms with Crippen molar-refractivity contribution in [1.29, 1.82) is 0 Å². The molecule has 0 saturated carbocycles. The predicted molar refractivity (Wildman–Crippen MR) is 40.8 cm³/mol. The van der Waals surface area contributed by atoms with E-state index in [2.05, 4.69) is 22.6 Å². The van der Waals surface area contributed by atoms with Gasteiger partial charge < -0.3 is 0 Å². The Morgan fingerprint density at radius 3 is 2.88 bits per heavy atom. The van der Waals surface area contributed by atoms with Crippen LogP contribution >= 0.6 is 22.6 Å². The van der Waals surface area contributed by atoms with Crippen LogP contribution in [0.5, 0.6) is 0 Å². The van der Waals surface area contributed by atoms with Gasteiger partial charge in [-0.25, -0.2) is 4.39 Å². The van der Waals surface area contributed by atoms with Gasteiger partial charge in [-0.05, 0) is 18.6 Å². The van der Waals surface area contributed by atoms with Crippen LogP contribution in [0.3, 0.4) is 0 Å². The summed E-state index contributed by atoms with van der Waals surface area (Å²) in [4.78, 5) is 0. The van der Waals surface area contributed by atoms with E-state index in [0.29, 0.717) is 3.92 Å². The van der Waals surface area contributed by atoms with Crippen molar-refractivity contribution in [3.8, 4) is 0 Å². The summed E-state index contributed by atoms with van der Waals surface area (Å²) in [6.07, 6.45) is 5.83. The Morgan fingerprint density at radius 2 is 2.50 bits per heavy atom. The van der Waals surface area contributed by atoms with Gasteiger partial charge in [-0.3, -0.25) is 0 Å². The molecule has 0 aliphatic heterocycles. The molecule has 0 aromatic rings. The molecule has 0 amide bonds. The van der Waals surface area contributed by atoms with Gasteiger partial charge in [0.05, 0.1) is 0 Å². The van der Waals surface area contributed by atoms with Gasteiger partial charge in [0.2, 0.25) is 0 Å². The molecule has 0 aromatic carbocycles. The summed E-state index contributed by atoms with van der Waals surface area (Å²) >= 11 is 2.27. The molecule has 1 unspecified atom stereocenters. The number of hydrogen-bond acceptors (Lipinski definition) is 0. The molecule has 8 heavy (non-hydrogen) atoms. The lowest BCUT2D eigenvalue weighted by atomic mass is 10.2. The van der Waals surface area contributed by atoms with Crippen LogP contribution in [0, 0.1) is 0 Å². The molecule has 0 saturated heterocycles. The molecule has 0 N–H and O–H groups in total. The first kappa shape index (κ1) is 6.26. The number of halogens is 2. The van der Waals surface area contributed by atoms with Crippen molar-refractivity contribution in [2.24, 2.45) is 0 Å². The quantitative estimate of drug-likeness (QED) is 0.438. The molecule has 2 heteroatoms. The molecule has 0 fully saturated rings. The molecular formula is C6H6FI. The fourth-order valence-electron chi connectivity index (χ4n) is 0.568. The van der Waals surface area contributed by atoms with Crippen molar-refractivity contribution in [3.63, 3.8) is 0 Å². The van der Waals surface area contributed by atoms with Crippen molar-refractivity contribution in [2.45, 2.75) is 10.3 Å². The van der Waals surface area contributed by atoms with Gasteiger partial charge in [-0.1, -0.05) is 28.7 Å². The van der Waals surface area contributed by atoms with Gasteiger partial charge in [-0.15, -0.1) is 0 Å². The summed E-state index contributed by atoms with van der Waals surface area (Å²) in [5, 5.41) is 0. The number of alkyl halides is 1. The largest absolute Gasteiger partial charge is 0.207 e. The zero-order chi connectivity index (χ0) is 5.98. The van der Waals surface area contributed by atoms with Gasteiger partial charge in [0.1, 0.15) is 5.83 Å². The Bertz CT molecular complexity index is 137. The van der Waals surface area contributed by atoms with E-state index in [9.17, 15) is 4.39 Å². The van der Waals surface area contributed by atoms with Gasteiger partial charge in [0, 0.05) is 3.92 Å². The van der Waals surface area contributed by atoms with Crippen LogP contribution in [0.4, 0.5) is 4.39 Å². The smallest absolute Gasteiger partial charge is 0.119 e. The minimum atomic E-state index is -0.0992. The lowest BCUT2D eigenvalue weighted by molar-refractivity contribution is 0.654. The van der Waals surface area contributed by atoms with E-state index in [-0.39, 0.29) is 5.83 Å². The Labute approximate surface area is 61.6 Å². The maximum atomic E-state index is 12.1. The molecule has 0 bridgehead atoms. The van der Waals surface area contributed by atoms with E-state index in [1.807, 2.05) is 6.08 Å². The van der Waals surface area contributed by atoms with E-state index >= 15 is 0 Å². The summed E-state index contributed by atoms with van der Waals surface area (Å²) in [6.45, 7) is 0. The summed E-state index contributed by atoms with van der Waals surface area (Å²) < 4.78 is 12.6. The number of rotatable bonds is 0. The van der Waals surface area contributed by atoms with Crippen LogP contribution < -0.4 is 0 Å². The molecule has 1 rings (SSSR count). The van der Waals surface area contributed by atoms with Gasteiger partial charge in [-0.2, -0.15) is 0 Å². The minimum absolute atomic E-state index is 0.0992. The Hall–Kier alpha value is 0.140.